The maximum atomic E-state index is 12.7. The first kappa shape index (κ1) is 12.5. The lowest BCUT2D eigenvalue weighted by Crippen LogP contribution is -2.16. The van der Waals surface area contributed by atoms with Crippen LogP contribution in [0.3, 0.4) is 0 Å². The summed E-state index contributed by atoms with van der Waals surface area (Å²) >= 11 is 0. The molecule has 2 atom stereocenters. The maximum absolute atomic E-state index is 12.7. The quantitative estimate of drug-likeness (QED) is 0.835. The molecule has 0 N–H and O–H groups in total. The van der Waals surface area contributed by atoms with Crippen molar-refractivity contribution in [1.82, 2.24) is 4.98 Å². The third-order valence-corrected chi connectivity index (χ3v) is 5.30. The molecule has 0 unspecified atom stereocenters. The normalized spacial score (nSPS) is 19.7. The second-order valence-corrected chi connectivity index (χ2v) is 6.68. The molecule has 3 heteroatoms. The van der Waals surface area contributed by atoms with Crippen molar-refractivity contribution in [1.29, 1.82) is 0 Å². The van der Waals surface area contributed by atoms with Crippen LogP contribution in [0.2, 0.25) is 0 Å². The molecule has 2 aromatic rings. The standard InChI is InChI=1S/C16H17NOS/c1-12-10-13-6-5-9-15(16(13)17-11-12)19(18)14-7-3-2-4-8-14/h2-4,7-8,10-11,15H,5-6,9H2,1H3/t15-,19+/m0/s1. The fourth-order valence-corrected chi connectivity index (χ4v) is 4.22. The van der Waals surface area contributed by atoms with Crippen LogP contribution < -0.4 is 0 Å². The van der Waals surface area contributed by atoms with Gasteiger partial charge >= 0.3 is 0 Å². The van der Waals surface area contributed by atoms with E-state index in [0.29, 0.717) is 0 Å². The van der Waals surface area contributed by atoms with E-state index >= 15 is 0 Å². The minimum absolute atomic E-state index is 0.0479. The summed E-state index contributed by atoms with van der Waals surface area (Å²) in [6, 6.07) is 11.9. The zero-order chi connectivity index (χ0) is 13.2. The molecule has 0 aliphatic heterocycles. The van der Waals surface area contributed by atoms with Crippen LogP contribution in [0.4, 0.5) is 0 Å². The average molecular weight is 271 g/mol. The molecule has 0 bridgehead atoms. The number of benzene rings is 1. The predicted molar refractivity (Wildman–Crippen MR) is 77.5 cm³/mol. The largest absolute Gasteiger partial charge is 0.259 e. The molecule has 1 aromatic carbocycles. The summed E-state index contributed by atoms with van der Waals surface area (Å²) in [5.41, 5.74) is 3.50. The molecule has 1 aliphatic rings. The van der Waals surface area contributed by atoms with Crippen LogP contribution in [0.5, 0.6) is 0 Å². The summed E-state index contributed by atoms with van der Waals surface area (Å²) in [7, 11) is -1.00. The van der Waals surface area contributed by atoms with Gasteiger partial charge in [-0.3, -0.25) is 9.19 Å². The maximum Gasteiger partial charge on any atom is 0.0819 e. The lowest BCUT2D eigenvalue weighted by Gasteiger charge is -2.24. The second kappa shape index (κ2) is 5.25. The van der Waals surface area contributed by atoms with Crippen LogP contribution in [0.25, 0.3) is 0 Å². The smallest absolute Gasteiger partial charge is 0.0819 e. The summed E-state index contributed by atoms with van der Waals surface area (Å²) in [5.74, 6) is 0. The number of fused-ring (bicyclic) bond motifs is 1. The van der Waals surface area contributed by atoms with Crippen molar-refractivity contribution in [2.24, 2.45) is 0 Å². The highest BCUT2D eigenvalue weighted by molar-refractivity contribution is 7.85. The van der Waals surface area contributed by atoms with Gasteiger partial charge < -0.3 is 0 Å². The monoisotopic (exact) mass is 271 g/mol. The van der Waals surface area contributed by atoms with Gasteiger partial charge in [-0.2, -0.15) is 0 Å². The van der Waals surface area contributed by atoms with Crippen LogP contribution in [-0.2, 0) is 17.2 Å². The first-order valence-corrected chi connectivity index (χ1v) is 7.88. The predicted octanol–water partition coefficient (Wildman–Crippen LogP) is 3.58. The lowest BCUT2D eigenvalue weighted by atomic mass is 9.95. The Morgan fingerprint density at radius 3 is 2.84 bits per heavy atom. The molecule has 1 aliphatic carbocycles. The van der Waals surface area contributed by atoms with E-state index in [1.807, 2.05) is 36.5 Å². The van der Waals surface area contributed by atoms with E-state index in [1.54, 1.807) is 0 Å². The van der Waals surface area contributed by atoms with Gasteiger partial charge in [0.05, 0.1) is 21.7 Å². The molecule has 1 aromatic heterocycles. The Balaban J connectivity index is 1.98. The SMILES string of the molecule is Cc1cnc2c(c1)CCC[C@@H]2[S@](=O)c1ccccc1. The molecular weight excluding hydrogens is 254 g/mol. The topological polar surface area (TPSA) is 30.0 Å². The van der Waals surface area contributed by atoms with E-state index in [0.717, 1.165) is 29.9 Å². The van der Waals surface area contributed by atoms with E-state index in [-0.39, 0.29) is 5.25 Å². The molecule has 0 amide bonds. The van der Waals surface area contributed by atoms with Gasteiger partial charge in [0, 0.05) is 11.1 Å². The number of aryl methyl sites for hydroxylation is 2. The molecular formula is C16H17NOS. The van der Waals surface area contributed by atoms with Crippen molar-refractivity contribution < 1.29 is 4.21 Å². The summed E-state index contributed by atoms with van der Waals surface area (Å²) in [6.07, 6.45) is 5.01. The summed E-state index contributed by atoms with van der Waals surface area (Å²) in [4.78, 5) is 5.46. The molecule has 3 rings (SSSR count). The van der Waals surface area contributed by atoms with Gasteiger partial charge in [0.1, 0.15) is 0 Å². The van der Waals surface area contributed by atoms with Gasteiger partial charge in [-0.15, -0.1) is 0 Å². The van der Waals surface area contributed by atoms with Gasteiger partial charge in [-0.25, -0.2) is 0 Å². The zero-order valence-electron chi connectivity index (χ0n) is 11.0. The van der Waals surface area contributed by atoms with Gasteiger partial charge in [-0.05, 0) is 49.4 Å². The van der Waals surface area contributed by atoms with E-state index in [2.05, 4.69) is 18.0 Å². The molecule has 0 fully saturated rings. The zero-order valence-corrected chi connectivity index (χ0v) is 11.8. The summed E-state index contributed by atoms with van der Waals surface area (Å²) in [5, 5.41) is 0.0479. The summed E-state index contributed by atoms with van der Waals surface area (Å²) < 4.78 is 12.7. The number of aromatic nitrogens is 1. The Kier molecular flexibility index (Phi) is 3.47. The van der Waals surface area contributed by atoms with Crippen LogP contribution >= 0.6 is 0 Å². The Morgan fingerprint density at radius 1 is 1.26 bits per heavy atom. The average Bonchev–Trinajstić information content (AvgIpc) is 2.46. The van der Waals surface area contributed by atoms with Crippen molar-refractivity contribution in [3.63, 3.8) is 0 Å². The first-order valence-electron chi connectivity index (χ1n) is 6.67. The number of pyridine rings is 1. The third-order valence-electron chi connectivity index (χ3n) is 3.59. The minimum Gasteiger partial charge on any atom is -0.259 e. The van der Waals surface area contributed by atoms with Crippen LogP contribution in [0, 0.1) is 6.92 Å². The van der Waals surface area contributed by atoms with E-state index < -0.39 is 10.8 Å². The minimum atomic E-state index is -1.00. The molecule has 2 nitrogen and oxygen atoms in total. The fraction of sp³-hybridized carbons (Fsp3) is 0.312. The Morgan fingerprint density at radius 2 is 2.05 bits per heavy atom. The number of nitrogens with zero attached hydrogens (tertiary/aromatic N) is 1. The number of hydrogen-bond acceptors (Lipinski definition) is 2. The van der Waals surface area contributed by atoms with Gasteiger partial charge in [0.2, 0.25) is 0 Å². The molecule has 0 saturated heterocycles. The lowest BCUT2D eigenvalue weighted by molar-refractivity contribution is 0.618. The Bertz CT molecular complexity index is 609. The highest BCUT2D eigenvalue weighted by atomic mass is 32.2. The van der Waals surface area contributed by atoms with Gasteiger partial charge in [0.25, 0.3) is 0 Å². The van der Waals surface area contributed by atoms with Crippen molar-refractivity contribution in [2.45, 2.75) is 36.3 Å². The van der Waals surface area contributed by atoms with Crippen molar-refractivity contribution in [3.05, 3.63) is 59.4 Å². The highest BCUT2D eigenvalue weighted by Crippen LogP contribution is 2.35. The van der Waals surface area contributed by atoms with E-state index in [1.165, 1.54) is 11.1 Å². The van der Waals surface area contributed by atoms with Crippen molar-refractivity contribution >= 4 is 10.8 Å². The van der Waals surface area contributed by atoms with Crippen molar-refractivity contribution in [3.8, 4) is 0 Å². The number of rotatable bonds is 2. The van der Waals surface area contributed by atoms with Gasteiger partial charge in [0.15, 0.2) is 0 Å². The molecule has 98 valence electrons. The van der Waals surface area contributed by atoms with Gasteiger partial charge in [-0.1, -0.05) is 24.3 Å². The van der Waals surface area contributed by atoms with E-state index in [9.17, 15) is 4.21 Å². The highest BCUT2D eigenvalue weighted by Gasteiger charge is 2.27. The second-order valence-electron chi connectivity index (χ2n) is 5.05. The molecule has 0 saturated carbocycles. The van der Waals surface area contributed by atoms with Crippen LogP contribution in [0.1, 0.15) is 34.9 Å². The third kappa shape index (κ3) is 2.47. The van der Waals surface area contributed by atoms with Crippen LogP contribution in [0.15, 0.2) is 47.5 Å². The Labute approximate surface area is 116 Å². The fourth-order valence-electron chi connectivity index (χ4n) is 2.67. The van der Waals surface area contributed by atoms with E-state index in [4.69, 9.17) is 0 Å². The number of hydrogen-bond donors (Lipinski definition) is 0. The first-order chi connectivity index (χ1) is 9.25. The molecule has 0 spiro atoms. The Hall–Kier alpha value is -1.48. The molecule has 19 heavy (non-hydrogen) atoms. The van der Waals surface area contributed by atoms with Crippen molar-refractivity contribution in [2.75, 3.05) is 0 Å². The summed E-state index contributed by atoms with van der Waals surface area (Å²) in [6.45, 7) is 2.06. The molecule has 1 heterocycles. The molecule has 0 radical (unpaired) electrons. The van der Waals surface area contributed by atoms with Crippen LogP contribution in [-0.4, -0.2) is 9.19 Å².